The number of pyridine rings is 1. The van der Waals surface area contributed by atoms with Crippen LogP contribution in [0, 0.1) is 24.7 Å². The average molecular weight is 668 g/mol. The Labute approximate surface area is 283 Å². The maximum absolute atomic E-state index is 13.2. The molecule has 1 aliphatic carbocycles. The average Bonchev–Trinajstić information content (AvgIpc) is 3.01. The molecule has 7 nitrogen and oxygen atoms in total. The van der Waals surface area contributed by atoms with Gasteiger partial charge in [0.2, 0.25) is 0 Å². The number of halogens is 1. The van der Waals surface area contributed by atoms with Crippen LogP contribution in [0.2, 0.25) is 5.02 Å². The van der Waals surface area contributed by atoms with Crippen molar-refractivity contribution in [3.63, 3.8) is 0 Å². The van der Waals surface area contributed by atoms with Crippen LogP contribution in [-0.2, 0) is 25.3 Å². The van der Waals surface area contributed by atoms with E-state index in [1.54, 1.807) is 27.3 Å². The van der Waals surface area contributed by atoms with Gasteiger partial charge < -0.3 is 14.4 Å². The van der Waals surface area contributed by atoms with Crippen molar-refractivity contribution < 1.29 is 18.5 Å². The van der Waals surface area contributed by atoms with Crippen LogP contribution in [0.1, 0.15) is 87.3 Å². The topological polar surface area (TPSA) is 80.8 Å². The molecule has 1 saturated carbocycles. The highest BCUT2D eigenvalue weighted by molar-refractivity contribution is 7.84. The van der Waals surface area contributed by atoms with Crippen LogP contribution in [0.4, 0.5) is 0 Å². The first kappa shape index (κ1) is 36.1. The van der Waals surface area contributed by atoms with Crippen molar-refractivity contribution in [1.29, 1.82) is 0 Å². The molecule has 0 spiro atoms. The molecule has 250 valence electrons. The number of carbonyl (C=O) groups is 1. The maximum Gasteiger partial charge on any atom is 0.258 e. The van der Waals surface area contributed by atoms with Gasteiger partial charge in [0.05, 0.1) is 5.25 Å². The maximum atomic E-state index is 13.2. The Kier molecular flexibility index (Phi) is 12.8. The number of methoxy groups -OCH3 is 2. The minimum atomic E-state index is -1.53. The minimum Gasteiger partial charge on any atom is -0.371 e. The fraction of sp³-hybridized carbons (Fsp3) is 0.514. The number of aryl methyl sites for hydroxylation is 1. The molecule has 2 aromatic rings. The van der Waals surface area contributed by atoms with E-state index in [1.807, 2.05) is 31.3 Å². The van der Waals surface area contributed by atoms with E-state index in [-0.39, 0.29) is 28.9 Å². The van der Waals surface area contributed by atoms with Crippen LogP contribution in [0.5, 0.6) is 0 Å². The predicted molar refractivity (Wildman–Crippen MR) is 188 cm³/mol. The summed E-state index contributed by atoms with van der Waals surface area (Å²) in [6, 6.07) is 8.21. The third-order valence-electron chi connectivity index (χ3n) is 9.85. The quantitative estimate of drug-likeness (QED) is 0.240. The number of nitrogens with one attached hydrogen (secondary N) is 1. The van der Waals surface area contributed by atoms with Crippen molar-refractivity contribution >= 4 is 28.5 Å². The molecule has 0 bridgehead atoms. The fourth-order valence-corrected chi connectivity index (χ4v) is 7.97. The highest BCUT2D eigenvalue weighted by Crippen LogP contribution is 2.46. The zero-order chi connectivity index (χ0) is 33.5. The number of nitrogens with zero attached hydrogens (tertiary/aromatic N) is 2. The summed E-state index contributed by atoms with van der Waals surface area (Å²) in [4.78, 5) is 20.0. The zero-order valence-corrected chi connectivity index (χ0v) is 29.9. The van der Waals surface area contributed by atoms with E-state index in [9.17, 15) is 9.00 Å². The second-order valence-corrected chi connectivity index (χ2v) is 15.1. The summed E-state index contributed by atoms with van der Waals surface area (Å²) in [7, 11) is 1.74. The Hall–Kier alpha value is -2.78. The smallest absolute Gasteiger partial charge is 0.258 e. The molecule has 2 aliphatic rings. The molecular weight excluding hydrogens is 618 g/mol. The van der Waals surface area contributed by atoms with Gasteiger partial charge in [0, 0.05) is 67.5 Å². The van der Waals surface area contributed by atoms with Gasteiger partial charge in [0.15, 0.2) is 6.29 Å². The standard InChI is InChI=1S/C37H50ClN3O4S/c1-23-10-9-11-34(30-18-31(20-39-19-30)37(44-7)45-8)35-14-12-29(35)22-41(21-26(4)33-15-13-32(38)17-24(33)2)27(5)16-25(3)36(42)40-46(43)28(23)6/h9,11,13,15-20,23,26,28-29,34-35,37H,5,10,12,14,21-22H2,1-4,6-8H3,(H,40,42)/b11-9+,25-16+. The molecule has 7 unspecified atom stereocenters. The SMILES string of the molecule is C=C1/C=C(\C)C(=O)NS(=O)C(C)C(C)C/C=C/C(c2cncc(C(OC)OC)c2)C2CCC2CN1CC(C)c1ccc(Cl)cc1C. The summed E-state index contributed by atoms with van der Waals surface area (Å²) in [5, 5.41) is 0.507. The molecule has 46 heavy (non-hydrogen) atoms. The molecule has 7 atom stereocenters. The first-order chi connectivity index (χ1) is 21.9. The number of benzene rings is 1. The third-order valence-corrected chi connectivity index (χ3v) is 11.6. The van der Waals surface area contributed by atoms with Crippen LogP contribution in [-0.4, -0.2) is 52.6 Å². The van der Waals surface area contributed by atoms with Gasteiger partial charge in [-0.05, 0) is 105 Å². The van der Waals surface area contributed by atoms with Gasteiger partial charge in [-0.2, -0.15) is 0 Å². The van der Waals surface area contributed by atoms with E-state index in [0.717, 1.165) is 59.8 Å². The minimum absolute atomic E-state index is 0.103. The number of hydrogen-bond donors (Lipinski definition) is 1. The predicted octanol–water partition coefficient (Wildman–Crippen LogP) is 7.77. The number of allylic oxidation sites excluding steroid dienone is 3. The summed E-state index contributed by atoms with van der Waals surface area (Å²) in [5.74, 6) is 0.918. The van der Waals surface area contributed by atoms with E-state index in [1.165, 1.54) is 5.56 Å². The lowest BCUT2D eigenvalue weighted by Gasteiger charge is -2.45. The van der Waals surface area contributed by atoms with E-state index in [4.69, 9.17) is 21.1 Å². The normalized spacial score (nSPS) is 28.9. The molecule has 4 rings (SSSR count). The zero-order valence-electron chi connectivity index (χ0n) is 28.3. The number of rotatable bonds is 7. The van der Waals surface area contributed by atoms with Crippen LogP contribution < -0.4 is 4.72 Å². The first-order valence-electron chi connectivity index (χ1n) is 16.2. The summed E-state index contributed by atoms with van der Waals surface area (Å²) >= 11 is 6.28. The van der Waals surface area contributed by atoms with Crippen molar-refractivity contribution in [2.75, 3.05) is 27.3 Å². The van der Waals surface area contributed by atoms with Crippen molar-refractivity contribution in [3.05, 3.63) is 100 Å². The van der Waals surface area contributed by atoms with Gasteiger partial charge in [-0.1, -0.05) is 50.2 Å². The Morgan fingerprint density at radius 3 is 2.54 bits per heavy atom. The number of fused-ring (bicyclic) bond motifs is 1. The molecule has 1 aromatic heterocycles. The molecule has 1 fully saturated rings. The summed E-state index contributed by atoms with van der Waals surface area (Å²) in [6.45, 7) is 16.1. The third kappa shape index (κ3) is 8.77. The molecule has 1 N–H and O–H groups in total. The summed E-state index contributed by atoms with van der Waals surface area (Å²) < 4.78 is 27.0. The molecule has 1 aromatic carbocycles. The second-order valence-electron chi connectivity index (χ2n) is 13.1. The van der Waals surface area contributed by atoms with Gasteiger partial charge in [0.1, 0.15) is 11.0 Å². The summed E-state index contributed by atoms with van der Waals surface area (Å²) in [5.41, 5.74) is 5.67. The number of carbonyl (C=O) groups excluding carboxylic acids is 1. The molecule has 0 saturated heterocycles. The monoisotopic (exact) mass is 667 g/mol. The highest BCUT2D eigenvalue weighted by atomic mass is 35.5. The first-order valence-corrected chi connectivity index (χ1v) is 17.8. The largest absolute Gasteiger partial charge is 0.371 e. The second kappa shape index (κ2) is 16.4. The van der Waals surface area contributed by atoms with Crippen molar-refractivity contribution in [1.82, 2.24) is 14.6 Å². The molecule has 9 heteroatoms. The van der Waals surface area contributed by atoms with Gasteiger partial charge in [-0.3, -0.25) is 14.5 Å². The molecule has 0 radical (unpaired) electrons. The van der Waals surface area contributed by atoms with Gasteiger partial charge in [-0.25, -0.2) is 4.21 Å². The number of ether oxygens (including phenoxy) is 2. The van der Waals surface area contributed by atoms with Crippen LogP contribution >= 0.6 is 11.6 Å². The lowest BCUT2D eigenvalue weighted by Crippen LogP contribution is -2.41. The molecular formula is C37H50ClN3O4S. The van der Waals surface area contributed by atoms with E-state index >= 15 is 0 Å². The number of aromatic nitrogens is 1. The molecule has 2 heterocycles. The Bertz CT molecular complexity index is 1470. The molecule has 1 aliphatic heterocycles. The van der Waals surface area contributed by atoms with Crippen molar-refractivity contribution in [2.24, 2.45) is 17.8 Å². The Balaban J connectivity index is 1.72. The Morgan fingerprint density at radius 2 is 1.89 bits per heavy atom. The fourth-order valence-electron chi connectivity index (χ4n) is 6.68. The van der Waals surface area contributed by atoms with E-state index in [2.05, 4.69) is 66.2 Å². The lowest BCUT2D eigenvalue weighted by atomic mass is 9.65. The number of amides is 1. The van der Waals surface area contributed by atoms with Gasteiger partial charge in [-0.15, -0.1) is 0 Å². The molecule has 1 amide bonds. The number of hydrogen-bond acceptors (Lipinski definition) is 6. The van der Waals surface area contributed by atoms with Gasteiger partial charge in [0.25, 0.3) is 5.91 Å². The van der Waals surface area contributed by atoms with E-state index in [0.29, 0.717) is 17.4 Å². The van der Waals surface area contributed by atoms with Gasteiger partial charge >= 0.3 is 0 Å². The van der Waals surface area contributed by atoms with Crippen molar-refractivity contribution in [3.8, 4) is 0 Å². The van der Waals surface area contributed by atoms with Crippen LogP contribution in [0.3, 0.4) is 0 Å². The van der Waals surface area contributed by atoms with E-state index < -0.39 is 17.3 Å². The summed E-state index contributed by atoms with van der Waals surface area (Å²) in [6.07, 6.45) is 12.6. The lowest BCUT2D eigenvalue weighted by molar-refractivity contribution is -0.115. The van der Waals surface area contributed by atoms with Crippen molar-refractivity contribution in [2.45, 2.75) is 77.3 Å². The Morgan fingerprint density at radius 1 is 1.15 bits per heavy atom. The van der Waals surface area contributed by atoms with Crippen LogP contribution in [0.15, 0.2) is 72.7 Å². The highest BCUT2D eigenvalue weighted by Gasteiger charge is 2.38. The van der Waals surface area contributed by atoms with Crippen LogP contribution in [0.25, 0.3) is 0 Å².